The third kappa shape index (κ3) is 5.44. The van der Waals surface area contributed by atoms with E-state index in [-0.39, 0.29) is 42.4 Å². The van der Waals surface area contributed by atoms with Crippen molar-refractivity contribution in [2.75, 3.05) is 13.2 Å². The van der Waals surface area contributed by atoms with Crippen LogP contribution >= 0.6 is 0 Å². The maximum absolute atomic E-state index is 12.3. The highest BCUT2D eigenvalue weighted by atomic mass is 16.4. The molecule has 1 saturated carbocycles. The largest absolute Gasteiger partial charge is 0.394 e. The number of benzene rings is 1. The van der Waals surface area contributed by atoms with Crippen LogP contribution in [0.3, 0.4) is 0 Å². The topological polar surface area (TPSA) is 147 Å². The van der Waals surface area contributed by atoms with Crippen molar-refractivity contribution in [1.29, 1.82) is 0 Å². The Morgan fingerprint density at radius 3 is 2.07 bits per heavy atom. The van der Waals surface area contributed by atoms with Crippen molar-refractivity contribution in [3.8, 4) is 0 Å². The summed E-state index contributed by atoms with van der Waals surface area (Å²) in [6, 6.07) is 9.32. The molecule has 0 spiro atoms. The van der Waals surface area contributed by atoms with Gasteiger partial charge in [-0.05, 0) is 11.5 Å². The summed E-state index contributed by atoms with van der Waals surface area (Å²) in [7, 11) is 0. The standard InChI is InChI=1S/C19H25NO7/c21-10-17(25)19(27)18(26)16(24)9-20-8-13-14(22)6-12(7-15(13)23)11-4-2-1-3-5-11/h1-5,8,12,16-21,24-27H,6-7,9-10H2/t12?,16-,17+,18+,19+/m1/s1. The molecule has 8 heteroatoms. The number of ketones is 2. The van der Waals surface area contributed by atoms with Gasteiger partial charge in [-0.15, -0.1) is 0 Å². The van der Waals surface area contributed by atoms with Gasteiger partial charge < -0.3 is 30.8 Å². The van der Waals surface area contributed by atoms with Gasteiger partial charge in [-0.1, -0.05) is 30.3 Å². The van der Waals surface area contributed by atoms with Gasteiger partial charge in [-0.2, -0.15) is 0 Å². The molecule has 1 aliphatic rings. The van der Waals surface area contributed by atoms with Gasteiger partial charge in [0.25, 0.3) is 0 Å². The van der Waals surface area contributed by atoms with Gasteiger partial charge in [-0.25, -0.2) is 0 Å². The van der Waals surface area contributed by atoms with Crippen molar-refractivity contribution in [2.45, 2.75) is 43.2 Å². The molecule has 148 valence electrons. The molecule has 0 radical (unpaired) electrons. The summed E-state index contributed by atoms with van der Waals surface area (Å²) >= 11 is 0. The number of rotatable bonds is 8. The van der Waals surface area contributed by atoms with Gasteiger partial charge in [0.2, 0.25) is 0 Å². The Labute approximate surface area is 156 Å². The van der Waals surface area contributed by atoms with E-state index in [9.17, 15) is 30.0 Å². The molecule has 2 rings (SSSR count). The Balaban J connectivity index is 1.92. The molecule has 1 aliphatic carbocycles. The summed E-state index contributed by atoms with van der Waals surface area (Å²) in [5.74, 6) is -0.775. The van der Waals surface area contributed by atoms with E-state index >= 15 is 0 Å². The molecule has 0 aliphatic heterocycles. The molecule has 0 saturated heterocycles. The summed E-state index contributed by atoms with van der Waals surface area (Å²) < 4.78 is 0. The first kappa shape index (κ1) is 21.2. The number of aliphatic hydroxyl groups excluding tert-OH is 5. The van der Waals surface area contributed by atoms with E-state index in [2.05, 4.69) is 5.32 Å². The lowest BCUT2D eigenvalue weighted by Gasteiger charge is -2.26. The van der Waals surface area contributed by atoms with E-state index in [0.717, 1.165) is 5.56 Å². The van der Waals surface area contributed by atoms with E-state index in [1.165, 1.54) is 6.20 Å². The van der Waals surface area contributed by atoms with Crippen LogP contribution in [0.2, 0.25) is 0 Å². The van der Waals surface area contributed by atoms with E-state index in [1.807, 2.05) is 30.3 Å². The Hall–Kier alpha value is -2.10. The highest BCUT2D eigenvalue weighted by Crippen LogP contribution is 2.31. The third-order valence-electron chi connectivity index (χ3n) is 4.63. The summed E-state index contributed by atoms with van der Waals surface area (Å²) in [6.07, 6.45) is -4.90. The smallest absolute Gasteiger partial charge is 0.168 e. The van der Waals surface area contributed by atoms with Crippen LogP contribution in [0.4, 0.5) is 0 Å². The lowest BCUT2D eigenvalue weighted by Crippen LogP contribution is -2.48. The van der Waals surface area contributed by atoms with Crippen LogP contribution in [0.15, 0.2) is 42.1 Å². The maximum atomic E-state index is 12.3. The zero-order valence-corrected chi connectivity index (χ0v) is 14.7. The van der Waals surface area contributed by atoms with Crippen LogP contribution in [0, 0.1) is 0 Å². The SMILES string of the molecule is O=C1CC(c2ccccc2)CC(=O)C1=CNC[C@@H](O)[C@H](O)[C@@H](O)[C@@H](O)CO. The predicted molar refractivity (Wildman–Crippen MR) is 95.6 cm³/mol. The number of allylic oxidation sites excluding steroid dienone is 1. The summed E-state index contributed by atoms with van der Waals surface area (Å²) in [4.78, 5) is 24.6. The molecule has 1 aromatic carbocycles. The first-order chi connectivity index (χ1) is 12.8. The minimum Gasteiger partial charge on any atom is -0.394 e. The second-order valence-corrected chi connectivity index (χ2v) is 6.63. The molecule has 8 nitrogen and oxygen atoms in total. The van der Waals surface area contributed by atoms with Crippen molar-refractivity contribution in [2.24, 2.45) is 0 Å². The van der Waals surface area contributed by atoms with Gasteiger partial charge >= 0.3 is 0 Å². The Morgan fingerprint density at radius 1 is 0.963 bits per heavy atom. The molecular weight excluding hydrogens is 354 g/mol. The van der Waals surface area contributed by atoms with Crippen molar-refractivity contribution < 1.29 is 35.1 Å². The number of hydrogen-bond donors (Lipinski definition) is 6. The quantitative estimate of drug-likeness (QED) is 0.239. The zero-order valence-electron chi connectivity index (χ0n) is 14.7. The van der Waals surface area contributed by atoms with Crippen LogP contribution in [-0.4, -0.2) is 74.7 Å². The van der Waals surface area contributed by atoms with Crippen molar-refractivity contribution in [3.05, 3.63) is 47.7 Å². The second kappa shape index (κ2) is 9.72. The maximum Gasteiger partial charge on any atom is 0.168 e. The normalized spacial score (nSPS) is 22.1. The monoisotopic (exact) mass is 379 g/mol. The van der Waals surface area contributed by atoms with Crippen LogP contribution in [0.1, 0.15) is 24.3 Å². The second-order valence-electron chi connectivity index (χ2n) is 6.63. The fraction of sp³-hybridized carbons (Fsp3) is 0.474. The van der Waals surface area contributed by atoms with E-state index in [0.29, 0.717) is 0 Å². The Morgan fingerprint density at radius 2 is 1.52 bits per heavy atom. The molecule has 0 amide bonds. The third-order valence-corrected chi connectivity index (χ3v) is 4.63. The molecule has 0 aromatic heterocycles. The summed E-state index contributed by atoms with van der Waals surface area (Å²) in [5.41, 5.74) is 0.931. The highest BCUT2D eigenvalue weighted by Gasteiger charge is 2.32. The molecule has 1 fully saturated rings. The number of aliphatic hydroxyl groups is 5. The van der Waals surface area contributed by atoms with Crippen molar-refractivity contribution in [1.82, 2.24) is 5.32 Å². The van der Waals surface area contributed by atoms with Gasteiger partial charge in [0.05, 0.1) is 18.3 Å². The van der Waals surface area contributed by atoms with E-state index < -0.39 is 31.0 Å². The zero-order chi connectivity index (χ0) is 20.0. The number of hydrogen-bond acceptors (Lipinski definition) is 8. The van der Waals surface area contributed by atoms with Crippen LogP contribution in [0.25, 0.3) is 0 Å². The lowest BCUT2D eigenvalue weighted by molar-refractivity contribution is -0.124. The molecule has 1 aromatic rings. The number of carbonyl (C=O) groups is 2. The molecule has 0 bridgehead atoms. The summed E-state index contributed by atoms with van der Waals surface area (Å²) in [5, 5.41) is 49.7. The minimum atomic E-state index is -1.73. The van der Waals surface area contributed by atoms with Crippen molar-refractivity contribution >= 4 is 11.6 Å². The van der Waals surface area contributed by atoms with Crippen LogP contribution in [0.5, 0.6) is 0 Å². The first-order valence-corrected chi connectivity index (χ1v) is 8.73. The fourth-order valence-electron chi connectivity index (χ4n) is 2.98. The Bertz CT molecular complexity index is 656. The molecule has 0 unspecified atom stereocenters. The van der Waals surface area contributed by atoms with E-state index in [4.69, 9.17) is 5.11 Å². The number of nitrogens with one attached hydrogen (secondary N) is 1. The average Bonchev–Trinajstić information content (AvgIpc) is 2.68. The van der Waals surface area contributed by atoms with Crippen LogP contribution < -0.4 is 5.32 Å². The fourth-order valence-corrected chi connectivity index (χ4v) is 2.98. The molecule has 0 heterocycles. The van der Waals surface area contributed by atoms with Gasteiger partial charge in [0, 0.05) is 25.6 Å². The summed E-state index contributed by atoms with van der Waals surface area (Å²) in [6.45, 7) is -1.03. The van der Waals surface area contributed by atoms with Crippen LogP contribution in [-0.2, 0) is 9.59 Å². The van der Waals surface area contributed by atoms with E-state index in [1.54, 1.807) is 0 Å². The average molecular weight is 379 g/mol. The van der Waals surface area contributed by atoms with Crippen molar-refractivity contribution in [3.63, 3.8) is 0 Å². The molecular formula is C19H25NO7. The van der Waals surface area contributed by atoms with Gasteiger partial charge in [0.1, 0.15) is 18.3 Å². The lowest BCUT2D eigenvalue weighted by atomic mass is 9.80. The minimum absolute atomic E-state index is 0.000174. The Kier molecular flexibility index (Phi) is 7.64. The molecule has 4 atom stereocenters. The highest BCUT2D eigenvalue weighted by molar-refractivity contribution is 6.22. The van der Waals surface area contributed by atoms with Gasteiger partial charge in [-0.3, -0.25) is 9.59 Å². The number of carbonyl (C=O) groups excluding carboxylic acids is 2. The molecule has 6 N–H and O–H groups in total. The molecule has 27 heavy (non-hydrogen) atoms. The van der Waals surface area contributed by atoms with Gasteiger partial charge in [0.15, 0.2) is 11.6 Å². The number of Topliss-reactive ketones (excluding diaryl/α,β-unsaturated/α-hetero) is 2. The predicted octanol–water partition coefficient (Wildman–Crippen LogP) is -1.39. The first-order valence-electron chi connectivity index (χ1n) is 8.73.